The van der Waals surface area contributed by atoms with E-state index in [9.17, 15) is 14.4 Å². The average molecular weight is 397 g/mol. The quantitative estimate of drug-likeness (QED) is 0.469. The standard InChI is InChI=1S/C22H23NO6/c1-27-19(24)17-16(14-10-6-4-7-11-14)22(20(25)28-2,21(26)29-3)18(23-17)15-12-8-5-9-13-15/h4-13,16-18,23H,1-3H3/t16-,17+,18+/m0/s1. The Bertz CT molecular complexity index is 867. The summed E-state index contributed by atoms with van der Waals surface area (Å²) < 4.78 is 15.2. The van der Waals surface area contributed by atoms with Crippen LogP contribution >= 0.6 is 0 Å². The van der Waals surface area contributed by atoms with E-state index in [0.717, 1.165) is 0 Å². The first-order chi connectivity index (χ1) is 14.0. The summed E-state index contributed by atoms with van der Waals surface area (Å²) in [6.07, 6.45) is 0. The molecule has 0 aromatic heterocycles. The van der Waals surface area contributed by atoms with Crippen LogP contribution in [0.5, 0.6) is 0 Å². The Hall–Kier alpha value is -3.19. The van der Waals surface area contributed by atoms with Crippen molar-refractivity contribution in [2.45, 2.75) is 18.0 Å². The molecule has 7 nitrogen and oxygen atoms in total. The van der Waals surface area contributed by atoms with Gasteiger partial charge < -0.3 is 14.2 Å². The minimum Gasteiger partial charge on any atom is -0.468 e. The molecule has 0 saturated carbocycles. The molecule has 2 aromatic rings. The molecule has 1 heterocycles. The minimum atomic E-state index is -1.83. The fourth-order valence-corrected chi connectivity index (χ4v) is 4.21. The summed E-state index contributed by atoms with van der Waals surface area (Å²) >= 11 is 0. The molecule has 3 rings (SSSR count). The van der Waals surface area contributed by atoms with Crippen LogP contribution in [0.15, 0.2) is 60.7 Å². The number of rotatable bonds is 5. The molecular weight excluding hydrogens is 374 g/mol. The number of hydrogen-bond donors (Lipinski definition) is 1. The molecule has 0 aliphatic carbocycles. The van der Waals surface area contributed by atoms with Crippen LogP contribution in [0.25, 0.3) is 0 Å². The van der Waals surface area contributed by atoms with E-state index in [0.29, 0.717) is 11.1 Å². The molecule has 1 N–H and O–H groups in total. The van der Waals surface area contributed by atoms with Crippen LogP contribution in [-0.4, -0.2) is 45.3 Å². The first-order valence-corrected chi connectivity index (χ1v) is 9.12. The second-order valence-corrected chi connectivity index (χ2v) is 6.75. The third-order valence-electron chi connectivity index (χ3n) is 5.42. The van der Waals surface area contributed by atoms with E-state index in [1.807, 2.05) is 12.1 Å². The minimum absolute atomic E-state index is 0.588. The van der Waals surface area contributed by atoms with Crippen LogP contribution in [0.4, 0.5) is 0 Å². The van der Waals surface area contributed by atoms with Gasteiger partial charge in [0.25, 0.3) is 0 Å². The zero-order valence-corrected chi connectivity index (χ0v) is 16.5. The Balaban J connectivity index is 2.33. The zero-order valence-electron chi connectivity index (χ0n) is 16.5. The van der Waals surface area contributed by atoms with Crippen molar-refractivity contribution in [3.8, 4) is 0 Å². The second-order valence-electron chi connectivity index (χ2n) is 6.75. The van der Waals surface area contributed by atoms with E-state index in [4.69, 9.17) is 14.2 Å². The van der Waals surface area contributed by atoms with Gasteiger partial charge in [0.15, 0.2) is 5.41 Å². The smallest absolute Gasteiger partial charge is 0.325 e. The number of methoxy groups -OCH3 is 3. The SMILES string of the molecule is COC(=O)[C@@H]1N[C@H](c2ccccc2)C(C(=O)OC)(C(=O)OC)[C@H]1c1ccccc1. The average Bonchev–Trinajstić information content (AvgIpc) is 3.15. The van der Waals surface area contributed by atoms with E-state index in [1.165, 1.54) is 21.3 Å². The fourth-order valence-electron chi connectivity index (χ4n) is 4.21. The lowest BCUT2D eigenvalue weighted by molar-refractivity contribution is -0.171. The van der Waals surface area contributed by atoms with Crippen molar-refractivity contribution in [1.29, 1.82) is 0 Å². The molecule has 0 bridgehead atoms. The molecule has 0 radical (unpaired) electrons. The first-order valence-electron chi connectivity index (χ1n) is 9.12. The van der Waals surface area contributed by atoms with E-state index in [-0.39, 0.29) is 0 Å². The van der Waals surface area contributed by atoms with Gasteiger partial charge in [0.1, 0.15) is 6.04 Å². The summed E-state index contributed by atoms with van der Waals surface area (Å²) in [6.45, 7) is 0. The highest BCUT2D eigenvalue weighted by atomic mass is 16.5. The van der Waals surface area contributed by atoms with Crippen molar-refractivity contribution in [2.75, 3.05) is 21.3 Å². The summed E-state index contributed by atoms with van der Waals surface area (Å²) in [5, 5.41) is 3.15. The van der Waals surface area contributed by atoms with E-state index >= 15 is 0 Å². The van der Waals surface area contributed by atoms with E-state index in [1.54, 1.807) is 48.5 Å². The summed E-state index contributed by atoms with van der Waals surface area (Å²) in [5.41, 5.74) is -0.564. The number of esters is 3. The van der Waals surface area contributed by atoms with E-state index in [2.05, 4.69) is 5.32 Å². The molecule has 3 atom stereocenters. The van der Waals surface area contributed by atoms with Crippen LogP contribution in [0.3, 0.4) is 0 Å². The Morgan fingerprint density at radius 1 is 0.759 bits per heavy atom. The predicted molar refractivity (Wildman–Crippen MR) is 104 cm³/mol. The monoisotopic (exact) mass is 397 g/mol. The fraction of sp³-hybridized carbons (Fsp3) is 0.318. The molecule has 152 valence electrons. The summed E-state index contributed by atoms with van der Waals surface area (Å²) in [6, 6.07) is 16.0. The lowest BCUT2D eigenvalue weighted by atomic mass is 9.66. The van der Waals surface area contributed by atoms with E-state index < -0.39 is 41.3 Å². The lowest BCUT2D eigenvalue weighted by Crippen LogP contribution is -2.49. The van der Waals surface area contributed by atoms with Gasteiger partial charge >= 0.3 is 17.9 Å². The van der Waals surface area contributed by atoms with Crippen LogP contribution < -0.4 is 5.32 Å². The van der Waals surface area contributed by atoms with Crippen LogP contribution in [-0.2, 0) is 28.6 Å². The Kier molecular flexibility index (Phi) is 5.98. The van der Waals surface area contributed by atoms with Gasteiger partial charge in [-0.1, -0.05) is 60.7 Å². The summed E-state index contributed by atoms with van der Waals surface area (Å²) in [7, 11) is 3.69. The van der Waals surface area contributed by atoms with Crippen LogP contribution in [0.1, 0.15) is 23.1 Å². The van der Waals surface area contributed by atoms with Gasteiger partial charge in [-0.15, -0.1) is 0 Å². The maximum Gasteiger partial charge on any atom is 0.325 e. The summed E-state index contributed by atoms with van der Waals surface area (Å²) in [5.74, 6) is -3.06. The van der Waals surface area contributed by atoms with Crippen molar-refractivity contribution in [1.82, 2.24) is 5.32 Å². The largest absolute Gasteiger partial charge is 0.468 e. The first kappa shape index (κ1) is 20.5. The molecule has 1 aliphatic rings. The van der Waals surface area contributed by atoms with Gasteiger partial charge in [0.05, 0.1) is 27.4 Å². The third-order valence-corrected chi connectivity index (χ3v) is 5.42. The number of benzene rings is 2. The van der Waals surface area contributed by atoms with Crippen molar-refractivity contribution < 1.29 is 28.6 Å². The van der Waals surface area contributed by atoms with Crippen molar-refractivity contribution in [2.24, 2.45) is 5.41 Å². The number of carbonyl (C=O) groups is 3. The number of ether oxygens (including phenoxy) is 3. The zero-order chi connectivity index (χ0) is 21.0. The van der Waals surface area contributed by atoms with Gasteiger partial charge in [-0.25, -0.2) is 0 Å². The van der Waals surface area contributed by atoms with Gasteiger partial charge in [-0.2, -0.15) is 0 Å². The van der Waals surface area contributed by atoms with Gasteiger partial charge in [0, 0.05) is 5.92 Å². The number of nitrogens with one attached hydrogen (secondary N) is 1. The molecule has 1 aliphatic heterocycles. The highest BCUT2D eigenvalue weighted by Gasteiger charge is 2.68. The highest BCUT2D eigenvalue weighted by molar-refractivity contribution is 6.04. The molecule has 0 amide bonds. The second kappa shape index (κ2) is 8.45. The molecule has 0 unspecified atom stereocenters. The van der Waals surface area contributed by atoms with Crippen molar-refractivity contribution in [3.63, 3.8) is 0 Å². The van der Waals surface area contributed by atoms with Gasteiger partial charge in [-0.05, 0) is 11.1 Å². The van der Waals surface area contributed by atoms with Gasteiger partial charge in [-0.3, -0.25) is 19.7 Å². The van der Waals surface area contributed by atoms with Crippen LogP contribution in [0, 0.1) is 5.41 Å². The molecular formula is C22H23NO6. The van der Waals surface area contributed by atoms with Crippen molar-refractivity contribution >= 4 is 17.9 Å². The normalized spacial score (nSPS) is 22.5. The molecule has 1 saturated heterocycles. The lowest BCUT2D eigenvalue weighted by Gasteiger charge is -2.34. The Morgan fingerprint density at radius 2 is 1.24 bits per heavy atom. The number of hydrogen-bond acceptors (Lipinski definition) is 7. The predicted octanol–water partition coefficient (Wildman–Crippen LogP) is 1.99. The molecule has 7 heteroatoms. The number of carbonyl (C=O) groups excluding carboxylic acids is 3. The summed E-state index contributed by atoms with van der Waals surface area (Å²) in [4.78, 5) is 39.2. The molecule has 2 aromatic carbocycles. The maximum absolute atomic E-state index is 13.2. The molecule has 0 spiro atoms. The molecule has 1 fully saturated rings. The third kappa shape index (κ3) is 3.27. The Morgan fingerprint density at radius 3 is 1.69 bits per heavy atom. The topological polar surface area (TPSA) is 90.9 Å². The maximum atomic E-state index is 13.2. The van der Waals surface area contributed by atoms with Crippen molar-refractivity contribution in [3.05, 3.63) is 71.8 Å². The van der Waals surface area contributed by atoms with Gasteiger partial charge in [0.2, 0.25) is 0 Å². The highest BCUT2D eigenvalue weighted by Crippen LogP contribution is 2.54. The Labute approximate surface area is 169 Å². The molecule has 29 heavy (non-hydrogen) atoms. The van der Waals surface area contributed by atoms with Crippen LogP contribution in [0.2, 0.25) is 0 Å².